The summed E-state index contributed by atoms with van der Waals surface area (Å²) in [6.45, 7) is 2.02. The maximum Gasteiger partial charge on any atom is 0.319 e. The Morgan fingerprint density at radius 2 is 1.69 bits per heavy atom. The molecule has 29 heavy (non-hydrogen) atoms. The highest BCUT2D eigenvalue weighted by atomic mass is 16.5. The van der Waals surface area contributed by atoms with Crippen molar-refractivity contribution >= 4 is 11.7 Å². The van der Waals surface area contributed by atoms with Crippen LogP contribution in [0.5, 0.6) is 17.2 Å². The first-order valence-electron chi connectivity index (χ1n) is 8.91. The van der Waals surface area contributed by atoms with Gasteiger partial charge in [0, 0.05) is 11.6 Å². The molecular weight excluding hydrogens is 374 g/mol. The van der Waals surface area contributed by atoms with Gasteiger partial charge in [-0.3, -0.25) is 0 Å². The summed E-state index contributed by atoms with van der Waals surface area (Å²) in [7, 11) is 4.70. The van der Waals surface area contributed by atoms with Crippen molar-refractivity contribution in [2.24, 2.45) is 0 Å². The molecule has 0 unspecified atom stereocenters. The number of benzene rings is 2. The van der Waals surface area contributed by atoms with E-state index < -0.39 is 6.03 Å². The molecular formula is C21H23N3O5. The average Bonchev–Trinajstić information content (AvgIpc) is 3.12. The summed E-state index contributed by atoms with van der Waals surface area (Å²) in [4.78, 5) is 16.8. The number of ether oxygens (including phenoxy) is 3. The van der Waals surface area contributed by atoms with E-state index in [2.05, 4.69) is 15.6 Å². The van der Waals surface area contributed by atoms with E-state index in [0.29, 0.717) is 34.5 Å². The minimum absolute atomic E-state index is 0.212. The number of rotatable bonds is 7. The first kappa shape index (κ1) is 20.1. The van der Waals surface area contributed by atoms with Gasteiger partial charge in [-0.15, -0.1) is 0 Å². The highest BCUT2D eigenvalue weighted by molar-refractivity contribution is 5.91. The van der Waals surface area contributed by atoms with E-state index in [0.717, 1.165) is 11.3 Å². The normalized spacial score (nSPS) is 10.3. The topological polar surface area (TPSA) is 94.9 Å². The zero-order valence-electron chi connectivity index (χ0n) is 16.7. The third kappa shape index (κ3) is 4.78. The summed E-state index contributed by atoms with van der Waals surface area (Å²) in [5.74, 6) is 3.01. The fourth-order valence-corrected chi connectivity index (χ4v) is 2.69. The van der Waals surface area contributed by atoms with E-state index in [4.69, 9.17) is 18.6 Å². The quantitative estimate of drug-likeness (QED) is 0.626. The van der Waals surface area contributed by atoms with Gasteiger partial charge in [-0.05, 0) is 43.3 Å². The van der Waals surface area contributed by atoms with Crippen LogP contribution in [-0.2, 0) is 6.54 Å². The minimum Gasteiger partial charge on any atom is -0.497 e. The molecule has 0 saturated heterocycles. The van der Waals surface area contributed by atoms with Crippen LogP contribution in [0.1, 0.15) is 11.5 Å². The lowest BCUT2D eigenvalue weighted by Crippen LogP contribution is -2.28. The second kappa shape index (κ2) is 9.01. The number of urea groups is 1. The van der Waals surface area contributed by atoms with Gasteiger partial charge < -0.3 is 29.3 Å². The highest BCUT2D eigenvalue weighted by Crippen LogP contribution is 2.29. The molecule has 0 atom stereocenters. The number of amides is 2. The third-order valence-corrected chi connectivity index (χ3v) is 4.30. The largest absolute Gasteiger partial charge is 0.497 e. The van der Waals surface area contributed by atoms with E-state index in [1.807, 2.05) is 24.3 Å². The third-order valence-electron chi connectivity index (χ3n) is 4.30. The number of aryl methyl sites for hydroxylation is 1. The van der Waals surface area contributed by atoms with Crippen LogP contribution < -0.4 is 24.8 Å². The smallest absolute Gasteiger partial charge is 0.319 e. The number of nitrogens with zero attached hydrogens (tertiary/aromatic N) is 1. The number of hydrogen-bond donors (Lipinski definition) is 2. The second-order valence-electron chi connectivity index (χ2n) is 6.12. The molecule has 152 valence electrons. The Hall–Kier alpha value is -3.68. The van der Waals surface area contributed by atoms with Crippen molar-refractivity contribution in [1.29, 1.82) is 0 Å². The number of oxazole rings is 1. The maximum atomic E-state index is 12.3. The molecule has 3 aromatic rings. The monoisotopic (exact) mass is 397 g/mol. The Balaban J connectivity index is 1.65. The Morgan fingerprint density at radius 1 is 1.00 bits per heavy atom. The van der Waals surface area contributed by atoms with Crippen molar-refractivity contribution in [3.63, 3.8) is 0 Å². The molecule has 8 heteroatoms. The molecule has 0 aliphatic carbocycles. The Labute approximate surface area is 168 Å². The molecule has 0 fully saturated rings. The van der Waals surface area contributed by atoms with Crippen LogP contribution >= 0.6 is 0 Å². The fraction of sp³-hybridized carbons (Fsp3) is 0.238. The molecule has 2 amide bonds. The fourth-order valence-electron chi connectivity index (χ4n) is 2.69. The number of carbonyl (C=O) groups is 1. The van der Waals surface area contributed by atoms with Crippen LogP contribution in [0.15, 0.2) is 46.9 Å². The standard InChI is InChI=1S/C21H23N3O5/c1-13-18(23-20(29-13)14-5-7-15(26-2)8-6-14)12-22-21(25)24-17-11-16(27-3)9-10-19(17)28-4/h5-11H,12H2,1-4H3,(H2,22,24,25). The number of carbonyl (C=O) groups excluding carboxylic acids is 1. The van der Waals surface area contributed by atoms with Crippen LogP contribution in [-0.4, -0.2) is 32.3 Å². The number of aromatic nitrogens is 1. The van der Waals surface area contributed by atoms with Gasteiger partial charge in [-0.2, -0.15) is 0 Å². The van der Waals surface area contributed by atoms with Crippen LogP contribution in [0.4, 0.5) is 10.5 Å². The molecule has 3 rings (SSSR count). The molecule has 2 N–H and O–H groups in total. The van der Waals surface area contributed by atoms with Gasteiger partial charge >= 0.3 is 6.03 Å². The van der Waals surface area contributed by atoms with Crippen molar-refractivity contribution in [3.05, 3.63) is 53.9 Å². The van der Waals surface area contributed by atoms with Crippen molar-refractivity contribution in [3.8, 4) is 28.7 Å². The van der Waals surface area contributed by atoms with Crippen molar-refractivity contribution in [2.75, 3.05) is 26.6 Å². The molecule has 1 heterocycles. The van der Waals surface area contributed by atoms with Gasteiger partial charge in [0.1, 0.15) is 28.7 Å². The van der Waals surface area contributed by atoms with E-state index in [-0.39, 0.29) is 6.54 Å². The lowest BCUT2D eigenvalue weighted by molar-refractivity contribution is 0.251. The molecule has 0 saturated carbocycles. The number of anilines is 1. The van der Waals surface area contributed by atoms with Gasteiger partial charge in [0.05, 0.1) is 33.6 Å². The summed E-state index contributed by atoms with van der Waals surface area (Å²) >= 11 is 0. The average molecular weight is 397 g/mol. The zero-order valence-corrected chi connectivity index (χ0v) is 16.7. The first-order chi connectivity index (χ1) is 14.0. The summed E-state index contributed by atoms with van der Waals surface area (Å²) in [5.41, 5.74) is 1.97. The van der Waals surface area contributed by atoms with Crippen LogP contribution in [0.2, 0.25) is 0 Å². The van der Waals surface area contributed by atoms with Crippen LogP contribution in [0.3, 0.4) is 0 Å². The van der Waals surface area contributed by atoms with Gasteiger partial charge in [-0.1, -0.05) is 0 Å². The Kier molecular flexibility index (Phi) is 6.23. The second-order valence-corrected chi connectivity index (χ2v) is 6.12. The summed E-state index contributed by atoms with van der Waals surface area (Å²) in [6, 6.07) is 12.2. The maximum absolute atomic E-state index is 12.3. The summed E-state index contributed by atoms with van der Waals surface area (Å²) in [5, 5.41) is 5.52. The zero-order chi connectivity index (χ0) is 20.8. The first-order valence-corrected chi connectivity index (χ1v) is 8.91. The molecule has 0 spiro atoms. The van der Waals surface area contributed by atoms with Crippen LogP contribution in [0.25, 0.3) is 11.5 Å². The lowest BCUT2D eigenvalue weighted by Gasteiger charge is -2.12. The van der Waals surface area contributed by atoms with Gasteiger partial charge in [-0.25, -0.2) is 9.78 Å². The SMILES string of the molecule is COc1ccc(-c2nc(CNC(=O)Nc3cc(OC)ccc3OC)c(C)o2)cc1. The van der Waals surface area contributed by atoms with E-state index >= 15 is 0 Å². The van der Waals surface area contributed by atoms with E-state index in [9.17, 15) is 4.79 Å². The lowest BCUT2D eigenvalue weighted by atomic mass is 10.2. The van der Waals surface area contributed by atoms with Gasteiger partial charge in [0.2, 0.25) is 5.89 Å². The van der Waals surface area contributed by atoms with Crippen molar-refractivity contribution in [1.82, 2.24) is 10.3 Å². The minimum atomic E-state index is -0.398. The molecule has 0 aliphatic rings. The van der Waals surface area contributed by atoms with E-state index in [1.165, 1.54) is 7.11 Å². The highest BCUT2D eigenvalue weighted by Gasteiger charge is 2.14. The predicted molar refractivity (Wildman–Crippen MR) is 109 cm³/mol. The summed E-state index contributed by atoms with van der Waals surface area (Å²) < 4.78 is 21.3. The van der Waals surface area contributed by atoms with Gasteiger partial charge in [0.25, 0.3) is 0 Å². The molecule has 2 aromatic carbocycles. The van der Waals surface area contributed by atoms with Crippen molar-refractivity contribution < 1.29 is 23.4 Å². The van der Waals surface area contributed by atoms with Crippen molar-refractivity contribution in [2.45, 2.75) is 13.5 Å². The van der Waals surface area contributed by atoms with Gasteiger partial charge in [0.15, 0.2) is 0 Å². The number of methoxy groups -OCH3 is 3. The summed E-state index contributed by atoms with van der Waals surface area (Å²) in [6.07, 6.45) is 0. The van der Waals surface area contributed by atoms with E-state index in [1.54, 1.807) is 39.3 Å². The number of nitrogens with one attached hydrogen (secondary N) is 2. The number of hydrogen-bond acceptors (Lipinski definition) is 6. The molecule has 1 aromatic heterocycles. The molecule has 0 aliphatic heterocycles. The molecule has 0 bridgehead atoms. The molecule has 8 nitrogen and oxygen atoms in total. The Bertz CT molecular complexity index is 982. The predicted octanol–water partition coefficient (Wildman–Crippen LogP) is 4.00. The Morgan fingerprint density at radius 3 is 2.34 bits per heavy atom. The van der Waals surface area contributed by atoms with Crippen LogP contribution in [0, 0.1) is 6.92 Å². The molecule has 0 radical (unpaired) electrons.